The van der Waals surface area contributed by atoms with Crippen molar-refractivity contribution in [3.05, 3.63) is 125 Å². The average molecular weight is 629 g/mol. The highest BCUT2D eigenvalue weighted by Crippen LogP contribution is 2.48. The Bertz CT molecular complexity index is 1960. The van der Waals surface area contributed by atoms with Gasteiger partial charge in [-0.05, 0) is 54.7 Å². The van der Waals surface area contributed by atoms with Crippen LogP contribution in [0.15, 0.2) is 97.1 Å². The van der Waals surface area contributed by atoms with E-state index >= 15 is 0 Å². The summed E-state index contributed by atoms with van der Waals surface area (Å²) in [5, 5.41) is 1.07. The molecule has 2 atom stereocenters. The van der Waals surface area contributed by atoms with Gasteiger partial charge in [-0.1, -0.05) is 92.2 Å². The van der Waals surface area contributed by atoms with Crippen molar-refractivity contribution in [3.8, 4) is 11.3 Å². The van der Waals surface area contributed by atoms with E-state index in [9.17, 15) is 14.0 Å². The molecule has 2 aliphatic heterocycles. The van der Waals surface area contributed by atoms with Crippen molar-refractivity contribution in [3.63, 3.8) is 0 Å². The van der Waals surface area contributed by atoms with E-state index in [2.05, 4.69) is 68.8 Å². The Labute approximate surface area is 276 Å². The quantitative estimate of drug-likeness (QED) is 0.187. The Balaban J connectivity index is 1.33. The fraction of sp³-hybridized carbons (Fsp3) is 0.300. The van der Waals surface area contributed by atoms with Gasteiger partial charge in [0.05, 0.1) is 17.4 Å². The van der Waals surface area contributed by atoms with Crippen molar-refractivity contribution in [1.29, 1.82) is 0 Å². The standard InChI is InChI=1S/C40H41FN4O2/c1-26(2)25-35(40(47)44-23-21-43(22-24-44)34-16-10-8-14-32(34)41)45-38(29-11-5-6-12-30(29)39(45)46)36-31-13-7-9-15-33(31)42(4)37(36)28-19-17-27(3)18-20-28/h5-20,26,35,38H,21-25H2,1-4H3. The van der Waals surface area contributed by atoms with Crippen LogP contribution in [0.2, 0.25) is 0 Å². The molecule has 47 heavy (non-hydrogen) atoms. The first-order valence-corrected chi connectivity index (χ1v) is 16.6. The van der Waals surface area contributed by atoms with E-state index in [4.69, 9.17) is 0 Å². The van der Waals surface area contributed by atoms with Crippen LogP contribution < -0.4 is 4.90 Å². The lowest BCUT2D eigenvalue weighted by Crippen LogP contribution is -2.56. The molecule has 7 rings (SSSR count). The van der Waals surface area contributed by atoms with Crippen LogP contribution in [-0.4, -0.2) is 58.4 Å². The number of benzene rings is 4. The van der Waals surface area contributed by atoms with Gasteiger partial charge in [-0.25, -0.2) is 4.39 Å². The molecule has 0 N–H and O–H groups in total. The fourth-order valence-electron chi connectivity index (χ4n) is 7.58. The molecule has 1 aromatic heterocycles. The number of piperazine rings is 1. The molecule has 6 nitrogen and oxygen atoms in total. The largest absolute Gasteiger partial charge is 0.366 e. The first kappa shape index (κ1) is 30.7. The zero-order valence-corrected chi connectivity index (χ0v) is 27.5. The molecule has 0 bridgehead atoms. The Morgan fingerprint density at radius 3 is 2.23 bits per heavy atom. The van der Waals surface area contributed by atoms with E-state index in [1.54, 1.807) is 12.1 Å². The van der Waals surface area contributed by atoms with Crippen LogP contribution in [0.3, 0.4) is 0 Å². The number of rotatable bonds is 7. The molecule has 0 radical (unpaired) electrons. The van der Waals surface area contributed by atoms with Gasteiger partial charge in [0.15, 0.2) is 0 Å². The number of carbonyl (C=O) groups excluding carboxylic acids is 2. The normalized spacial score (nSPS) is 17.1. The monoisotopic (exact) mass is 628 g/mol. The van der Waals surface area contributed by atoms with Gasteiger partial charge < -0.3 is 19.3 Å². The van der Waals surface area contributed by atoms with Crippen LogP contribution in [-0.2, 0) is 11.8 Å². The number of amides is 2. The van der Waals surface area contributed by atoms with Crippen LogP contribution in [0.25, 0.3) is 22.2 Å². The topological polar surface area (TPSA) is 48.8 Å². The van der Waals surface area contributed by atoms with Gasteiger partial charge in [0.2, 0.25) is 5.91 Å². The summed E-state index contributed by atoms with van der Waals surface area (Å²) in [5.74, 6) is -0.245. The molecule has 2 aliphatic rings. The van der Waals surface area contributed by atoms with E-state index in [0.29, 0.717) is 43.9 Å². The first-order valence-electron chi connectivity index (χ1n) is 16.6. The Morgan fingerprint density at radius 2 is 1.51 bits per heavy atom. The van der Waals surface area contributed by atoms with Gasteiger partial charge in [0.25, 0.3) is 5.91 Å². The number of aryl methyl sites for hydroxylation is 2. The predicted molar refractivity (Wildman–Crippen MR) is 186 cm³/mol. The van der Waals surface area contributed by atoms with E-state index in [1.807, 2.05) is 57.2 Å². The number of para-hydroxylation sites is 2. The fourth-order valence-corrected chi connectivity index (χ4v) is 7.58. The summed E-state index contributed by atoms with van der Waals surface area (Å²) in [7, 11) is 2.08. The lowest BCUT2D eigenvalue weighted by molar-refractivity contribution is -0.137. The van der Waals surface area contributed by atoms with Crippen molar-refractivity contribution >= 4 is 28.4 Å². The summed E-state index contributed by atoms with van der Waals surface area (Å²) in [6.07, 6.45) is 0.535. The molecule has 2 amide bonds. The third-order valence-corrected chi connectivity index (χ3v) is 9.84. The smallest absolute Gasteiger partial charge is 0.255 e. The Morgan fingerprint density at radius 1 is 0.851 bits per heavy atom. The predicted octanol–water partition coefficient (Wildman–Crippen LogP) is 7.60. The Kier molecular flexibility index (Phi) is 8.08. The van der Waals surface area contributed by atoms with Gasteiger partial charge in [-0.2, -0.15) is 0 Å². The van der Waals surface area contributed by atoms with Crippen molar-refractivity contribution in [2.75, 3.05) is 31.1 Å². The number of fused-ring (bicyclic) bond motifs is 2. The highest BCUT2D eigenvalue weighted by atomic mass is 19.1. The van der Waals surface area contributed by atoms with E-state index in [0.717, 1.165) is 33.3 Å². The van der Waals surface area contributed by atoms with Crippen molar-refractivity contribution in [2.45, 2.75) is 39.3 Å². The second-order valence-electron chi connectivity index (χ2n) is 13.3. The zero-order chi connectivity index (χ0) is 32.8. The second-order valence-corrected chi connectivity index (χ2v) is 13.3. The molecule has 1 fully saturated rings. The molecule has 5 aromatic rings. The number of carbonyl (C=O) groups is 2. The van der Waals surface area contributed by atoms with Crippen LogP contribution in [0.5, 0.6) is 0 Å². The number of halogens is 1. The van der Waals surface area contributed by atoms with Gasteiger partial charge >= 0.3 is 0 Å². The van der Waals surface area contributed by atoms with E-state index in [1.165, 1.54) is 11.6 Å². The number of nitrogens with zero attached hydrogens (tertiary/aromatic N) is 4. The van der Waals surface area contributed by atoms with E-state index < -0.39 is 12.1 Å². The summed E-state index contributed by atoms with van der Waals surface area (Å²) in [5.41, 5.74) is 7.52. The molecule has 240 valence electrons. The van der Waals surface area contributed by atoms with Crippen LogP contribution in [0, 0.1) is 18.7 Å². The molecule has 3 heterocycles. The SMILES string of the molecule is Cc1ccc(-c2c(C3c4ccccc4C(=O)N3C(CC(C)C)C(=O)N3CCN(c4ccccc4F)CC3)c3ccccc3n2C)cc1. The maximum absolute atomic E-state index is 14.7. The minimum Gasteiger partial charge on any atom is -0.366 e. The van der Waals surface area contributed by atoms with Crippen LogP contribution >= 0.6 is 0 Å². The lowest BCUT2D eigenvalue weighted by atomic mass is 9.91. The molecule has 2 unspecified atom stereocenters. The highest BCUT2D eigenvalue weighted by molar-refractivity contribution is 6.04. The maximum atomic E-state index is 14.7. The van der Waals surface area contributed by atoms with Crippen molar-refractivity contribution in [2.24, 2.45) is 13.0 Å². The van der Waals surface area contributed by atoms with Crippen LogP contribution in [0.1, 0.15) is 53.4 Å². The molecule has 0 spiro atoms. The summed E-state index contributed by atoms with van der Waals surface area (Å²) in [6, 6.07) is 30.4. The number of hydrogen-bond donors (Lipinski definition) is 0. The first-order chi connectivity index (χ1) is 22.7. The zero-order valence-electron chi connectivity index (χ0n) is 27.5. The minimum atomic E-state index is -0.662. The maximum Gasteiger partial charge on any atom is 0.255 e. The molecular formula is C40H41FN4O2. The average Bonchev–Trinajstić information content (AvgIpc) is 3.54. The van der Waals surface area contributed by atoms with Gasteiger partial charge in [0, 0.05) is 55.3 Å². The second kappa shape index (κ2) is 12.4. The van der Waals surface area contributed by atoms with Gasteiger partial charge in [-0.3, -0.25) is 9.59 Å². The van der Waals surface area contributed by atoms with Crippen LogP contribution in [0.4, 0.5) is 10.1 Å². The van der Waals surface area contributed by atoms with E-state index in [-0.39, 0.29) is 23.5 Å². The molecule has 7 heteroatoms. The molecule has 1 saturated heterocycles. The summed E-state index contributed by atoms with van der Waals surface area (Å²) < 4.78 is 16.8. The minimum absolute atomic E-state index is 0.0461. The molecule has 0 aliphatic carbocycles. The van der Waals surface area contributed by atoms with Gasteiger partial charge in [-0.15, -0.1) is 0 Å². The summed E-state index contributed by atoms with van der Waals surface area (Å²) in [6.45, 7) is 8.27. The third kappa shape index (κ3) is 5.37. The van der Waals surface area contributed by atoms with Crippen molar-refractivity contribution < 1.29 is 14.0 Å². The molecule has 4 aromatic carbocycles. The lowest BCUT2D eigenvalue weighted by Gasteiger charge is -2.41. The number of anilines is 1. The number of hydrogen-bond acceptors (Lipinski definition) is 3. The van der Waals surface area contributed by atoms with Gasteiger partial charge in [0.1, 0.15) is 11.9 Å². The highest BCUT2D eigenvalue weighted by Gasteiger charge is 2.47. The molecular weight excluding hydrogens is 587 g/mol. The Hall–Kier alpha value is -4.91. The van der Waals surface area contributed by atoms with Crippen molar-refractivity contribution in [1.82, 2.24) is 14.4 Å². The summed E-state index contributed by atoms with van der Waals surface area (Å²) in [4.78, 5) is 35.1. The molecule has 0 saturated carbocycles. The summed E-state index contributed by atoms with van der Waals surface area (Å²) >= 11 is 0. The third-order valence-electron chi connectivity index (χ3n) is 9.84. The number of aromatic nitrogens is 1.